The first-order valence-corrected chi connectivity index (χ1v) is 9.25. The van der Waals surface area contributed by atoms with E-state index in [9.17, 15) is 4.39 Å². The Balaban J connectivity index is 1.76. The number of nitrogens with zero attached hydrogens (tertiary/aromatic N) is 2. The van der Waals surface area contributed by atoms with Crippen LogP contribution in [0.1, 0.15) is 33.6 Å². The Bertz CT molecular complexity index is 542. The highest BCUT2D eigenvalue weighted by atomic mass is 19.1. The van der Waals surface area contributed by atoms with Gasteiger partial charge in [-0.1, -0.05) is 6.07 Å². The second-order valence-electron chi connectivity index (χ2n) is 6.61. The second kappa shape index (κ2) is 10.2. The number of hydrogen-bond acceptors (Lipinski definition) is 3. The van der Waals surface area contributed by atoms with Gasteiger partial charge in [-0.3, -0.25) is 0 Å². The molecule has 0 unspecified atom stereocenters. The van der Waals surface area contributed by atoms with Gasteiger partial charge in [-0.15, -0.1) is 0 Å². The average Bonchev–Trinajstić information content (AvgIpc) is 2.59. The zero-order valence-corrected chi connectivity index (χ0v) is 15.6. The molecule has 1 aliphatic rings. The number of ether oxygens (including phenoxy) is 1. The largest absolute Gasteiger partial charge is 0.492 e. The van der Waals surface area contributed by atoms with E-state index in [-0.39, 0.29) is 5.82 Å². The van der Waals surface area contributed by atoms with Gasteiger partial charge in [0.25, 0.3) is 0 Å². The first-order chi connectivity index (χ1) is 12.1. The Labute approximate surface area is 150 Å². The standard InChI is InChI=1S/C19H31FN4O/c1-4-21-19(23-17-8-11-24(12-9-17)15(2)3)22-10-13-25-18-7-5-6-16(20)14-18/h5-7,14-15,17H,4,8-13H2,1-3H3,(H2,21,22,23). The van der Waals surface area contributed by atoms with Gasteiger partial charge in [0.1, 0.15) is 18.2 Å². The number of likely N-dealkylation sites (tertiary alicyclic amines) is 1. The van der Waals surface area contributed by atoms with Crippen molar-refractivity contribution in [3.8, 4) is 5.75 Å². The van der Waals surface area contributed by atoms with E-state index in [4.69, 9.17) is 4.74 Å². The van der Waals surface area contributed by atoms with Crippen LogP contribution < -0.4 is 15.4 Å². The Morgan fingerprint density at radius 2 is 2.12 bits per heavy atom. The van der Waals surface area contributed by atoms with Gasteiger partial charge in [0.2, 0.25) is 0 Å². The van der Waals surface area contributed by atoms with Crippen LogP contribution in [0.25, 0.3) is 0 Å². The fraction of sp³-hybridized carbons (Fsp3) is 0.632. The van der Waals surface area contributed by atoms with Gasteiger partial charge in [0, 0.05) is 37.8 Å². The van der Waals surface area contributed by atoms with Crippen molar-refractivity contribution < 1.29 is 9.13 Å². The summed E-state index contributed by atoms with van der Waals surface area (Å²) in [5.41, 5.74) is 0. The SMILES string of the molecule is CCNC(=NCCOc1cccc(F)c1)NC1CCN(C(C)C)CC1. The summed E-state index contributed by atoms with van der Waals surface area (Å²) in [5, 5.41) is 6.80. The lowest BCUT2D eigenvalue weighted by Crippen LogP contribution is -2.50. The molecule has 0 aliphatic carbocycles. The zero-order chi connectivity index (χ0) is 18.1. The van der Waals surface area contributed by atoms with Crippen molar-refractivity contribution in [3.63, 3.8) is 0 Å². The van der Waals surface area contributed by atoms with Crippen LogP contribution in [0, 0.1) is 5.82 Å². The van der Waals surface area contributed by atoms with Crippen LogP contribution in [-0.2, 0) is 0 Å². The van der Waals surface area contributed by atoms with Crippen molar-refractivity contribution in [1.82, 2.24) is 15.5 Å². The van der Waals surface area contributed by atoms with Crippen molar-refractivity contribution in [2.24, 2.45) is 4.99 Å². The predicted molar refractivity (Wildman–Crippen MR) is 101 cm³/mol. The fourth-order valence-electron chi connectivity index (χ4n) is 2.95. The highest BCUT2D eigenvalue weighted by Gasteiger charge is 2.21. The summed E-state index contributed by atoms with van der Waals surface area (Å²) in [4.78, 5) is 7.07. The van der Waals surface area contributed by atoms with Gasteiger partial charge in [-0.05, 0) is 45.7 Å². The maximum atomic E-state index is 13.1. The van der Waals surface area contributed by atoms with Gasteiger partial charge >= 0.3 is 0 Å². The molecule has 1 saturated heterocycles. The minimum absolute atomic E-state index is 0.288. The van der Waals surface area contributed by atoms with E-state index in [1.54, 1.807) is 12.1 Å². The van der Waals surface area contributed by atoms with Gasteiger partial charge in [0.05, 0.1) is 6.54 Å². The molecule has 1 aliphatic heterocycles. The predicted octanol–water partition coefficient (Wildman–Crippen LogP) is 2.63. The Kier molecular flexibility index (Phi) is 7.98. The number of nitrogens with one attached hydrogen (secondary N) is 2. The van der Waals surface area contributed by atoms with Crippen molar-refractivity contribution in [1.29, 1.82) is 0 Å². The average molecular weight is 350 g/mol. The molecule has 1 fully saturated rings. The van der Waals surface area contributed by atoms with Crippen molar-refractivity contribution in [2.45, 2.75) is 45.7 Å². The Hall–Kier alpha value is -1.82. The molecule has 0 radical (unpaired) electrons. The van der Waals surface area contributed by atoms with Crippen LogP contribution in [0.2, 0.25) is 0 Å². The molecule has 1 aromatic carbocycles. The molecule has 6 heteroatoms. The number of guanidine groups is 1. The number of rotatable bonds is 7. The van der Waals surface area contributed by atoms with Crippen LogP contribution in [0.15, 0.2) is 29.3 Å². The summed E-state index contributed by atoms with van der Waals surface area (Å²) in [6.45, 7) is 10.6. The van der Waals surface area contributed by atoms with E-state index in [2.05, 4.69) is 41.3 Å². The van der Waals surface area contributed by atoms with Crippen LogP contribution in [-0.4, -0.2) is 55.7 Å². The van der Waals surface area contributed by atoms with E-state index in [0.29, 0.717) is 31.0 Å². The molecule has 0 saturated carbocycles. The minimum Gasteiger partial charge on any atom is -0.492 e. The van der Waals surface area contributed by atoms with E-state index in [0.717, 1.165) is 38.4 Å². The zero-order valence-electron chi connectivity index (χ0n) is 15.6. The lowest BCUT2D eigenvalue weighted by molar-refractivity contribution is 0.167. The van der Waals surface area contributed by atoms with Gasteiger partial charge < -0.3 is 20.3 Å². The monoisotopic (exact) mass is 350 g/mol. The fourth-order valence-corrected chi connectivity index (χ4v) is 2.95. The molecule has 5 nitrogen and oxygen atoms in total. The molecule has 0 atom stereocenters. The van der Waals surface area contributed by atoms with E-state index in [1.807, 2.05) is 0 Å². The van der Waals surface area contributed by atoms with Crippen LogP contribution in [0.4, 0.5) is 4.39 Å². The van der Waals surface area contributed by atoms with Crippen molar-refractivity contribution in [2.75, 3.05) is 32.8 Å². The first kappa shape index (κ1) is 19.5. The summed E-state index contributed by atoms with van der Waals surface area (Å²) in [6.07, 6.45) is 2.25. The summed E-state index contributed by atoms with van der Waals surface area (Å²) in [6, 6.07) is 7.25. The van der Waals surface area contributed by atoms with Gasteiger partial charge in [-0.25, -0.2) is 9.38 Å². The third kappa shape index (κ3) is 6.90. The normalized spacial score (nSPS) is 16.9. The third-order valence-corrected chi connectivity index (χ3v) is 4.37. The second-order valence-corrected chi connectivity index (χ2v) is 6.61. The van der Waals surface area contributed by atoms with Crippen molar-refractivity contribution >= 4 is 5.96 Å². The van der Waals surface area contributed by atoms with Crippen LogP contribution >= 0.6 is 0 Å². The highest BCUT2D eigenvalue weighted by Crippen LogP contribution is 2.13. The molecule has 0 aromatic heterocycles. The lowest BCUT2D eigenvalue weighted by Gasteiger charge is -2.35. The molecule has 2 rings (SSSR count). The minimum atomic E-state index is -0.288. The molecule has 1 aromatic rings. The highest BCUT2D eigenvalue weighted by molar-refractivity contribution is 5.80. The number of aliphatic imine (C=N–C) groups is 1. The molecule has 0 bridgehead atoms. The molecule has 140 valence electrons. The maximum absolute atomic E-state index is 13.1. The van der Waals surface area contributed by atoms with Crippen LogP contribution in [0.3, 0.4) is 0 Å². The molecule has 0 amide bonds. The maximum Gasteiger partial charge on any atom is 0.191 e. The van der Waals surface area contributed by atoms with Gasteiger partial charge in [-0.2, -0.15) is 0 Å². The summed E-state index contributed by atoms with van der Waals surface area (Å²) < 4.78 is 18.6. The Morgan fingerprint density at radius 1 is 1.36 bits per heavy atom. The van der Waals surface area contributed by atoms with Crippen LogP contribution in [0.5, 0.6) is 5.75 Å². The van der Waals surface area contributed by atoms with Gasteiger partial charge in [0.15, 0.2) is 5.96 Å². The molecule has 25 heavy (non-hydrogen) atoms. The molecule has 0 spiro atoms. The van der Waals surface area contributed by atoms with E-state index >= 15 is 0 Å². The molecule has 1 heterocycles. The smallest absolute Gasteiger partial charge is 0.191 e. The summed E-state index contributed by atoms with van der Waals surface area (Å²) in [5.74, 6) is 1.08. The topological polar surface area (TPSA) is 48.9 Å². The van der Waals surface area contributed by atoms with E-state index < -0.39 is 0 Å². The molecular formula is C19H31FN4O. The third-order valence-electron chi connectivity index (χ3n) is 4.37. The number of hydrogen-bond donors (Lipinski definition) is 2. The Morgan fingerprint density at radius 3 is 2.76 bits per heavy atom. The molecule has 2 N–H and O–H groups in total. The number of piperidine rings is 1. The number of benzene rings is 1. The first-order valence-electron chi connectivity index (χ1n) is 9.25. The quantitative estimate of drug-likeness (QED) is 0.451. The lowest BCUT2D eigenvalue weighted by atomic mass is 10.0. The molecular weight excluding hydrogens is 319 g/mol. The summed E-state index contributed by atoms with van der Waals surface area (Å²) in [7, 11) is 0. The van der Waals surface area contributed by atoms with E-state index in [1.165, 1.54) is 12.1 Å². The van der Waals surface area contributed by atoms with Crippen molar-refractivity contribution in [3.05, 3.63) is 30.1 Å². The number of halogens is 1. The summed E-state index contributed by atoms with van der Waals surface area (Å²) >= 11 is 0.